The number of thiophene rings is 1. The second-order valence-corrected chi connectivity index (χ2v) is 14.9. The summed E-state index contributed by atoms with van der Waals surface area (Å²) in [6, 6.07) is 51.9. The Bertz CT molecular complexity index is 2480. The Kier molecular flexibility index (Phi) is 5.83. The first kappa shape index (κ1) is 27.4. The van der Waals surface area contributed by atoms with Crippen LogP contribution in [0.5, 0.6) is 0 Å². The van der Waals surface area contributed by atoms with E-state index in [2.05, 4.69) is 172 Å². The number of anilines is 3. The lowest BCUT2D eigenvalue weighted by molar-refractivity contribution is 0.300. The van der Waals surface area contributed by atoms with Gasteiger partial charge in [0, 0.05) is 37.0 Å². The van der Waals surface area contributed by atoms with Crippen LogP contribution in [-0.4, -0.2) is 0 Å². The van der Waals surface area contributed by atoms with Gasteiger partial charge in [-0.05, 0) is 91.7 Å². The van der Waals surface area contributed by atoms with Crippen molar-refractivity contribution in [1.29, 1.82) is 0 Å². The lowest BCUT2D eigenvalue weighted by Crippen LogP contribution is -2.44. The summed E-state index contributed by atoms with van der Waals surface area (Å²) in [6.45, 7) is 9.77. The summed E-state index contributed by atoms with van der Waals surface area (Å²) in [5, 5.41) is 7.87. The Morgan fingerprint density at radius 3 is 2.04 bits per heavy atom. The molecular weight excluding hydrogens is 575 g/mol. The SMILES string of the molecule is CC1(C)c2ccc3c(ccc4ccccc43)c2-c2cccc(N(c3ccccc3)c3ccc4sc5ccccc5c4c3)c2C1(C)C. The van der Waals surface area contributed by atoms with Crippen LogP contribution in [-0.2, 0) is 10.8 Å². The Morgan fingerprint density at radius 1 is 0.478 bits per heavy atom. The molecule has 9 rings (SSSR count). The summed E-state index contributed by atoms with van der Waals surface area (Å²) in [7, 11) is 0. The molecule has 8 aromatic rings. The highest BCUT2D eigenvalue weighted by molar-refractivity contribution is 7.25. The highest BCUT2D eigenvalue weighted by Crippen LogP contribution is 2.59. The molecule has 0 unspecified atom stereocenters. The van der Waals surface area contributed by atoms with Gasteiger partial charge in [-0.2, -0.15) is 0 Å². The fourth-order valence-electron chi connectivity index (χ4n) is 8.00. The van der Waals surface area contributed by atoms with Crippen molar-refractivity contribution in [1.82, 2.24) is 0 Å². The number of nitrogens with zero attached hydrogens (tertiary/aromatic N) is 1. The van der Waals surface area contributed by atoms with E-state index in [1.807, 2.05) is 11.3 Å². The fraction of sp³-hybridized carbons (Fsp3) is 0.136. The van der Waals surface area contributed by atoms with E-state index in [1.165, 1.54) is 75.3 Å². The maximum absolute atomic E-state index is 2.49. The van der Waals surface area contributed by atoms with Gasteiger partial charge in [-0.3, -0.25) is 0 Å². The number of fused-ring (bicyclic) bond motifs is 10. The van der Waals surface area contributed by atoms with Gasteiger partial charge in [-0.15, -0.1) is 11.3 Å². The largest absolute Gasteiger partial charge is 0.310 e. The third kappa shape index (κ3) is 3.74. The van der Waals surface area contributed by atoms with Crippen LogP contribution in [0.2, 0.25) is 0 Å². The topological polar surface area (TPSA) is 3.24 Å². The van der Waals surface area contributed by atoms with Crippen LogP contribution >= 0.6 is 11.3 Å². The monoisotopic (exact) mass is 609 g/mol. The molecule has 7 aromatic carbocycles. The van der Waals surface area contributed by atoms with Gasteiger partial charge >= 0.3 is 0 Å². The predicted octanol–water partition coefficient (Wildman–Crippen LogP) is 13.1. The van der Waals surface area contributed by atoms with E-state index in [0.717, 1.165) is 5.69 Å². The van der Waals surface area contributed by atoms with Gasteiger partial charge in [-0.25, -0.2) is 0 Å². The second kappa shape index (κ2) is 9.79. The van der Waals surface area contributed by atoms with Crippen molar-refractivity contribution in [2.24, 2.45) is 0 Å². The molecule has 1 aromatic heterocycles. The molecular formula is C44H35NS. The van der Waals surface area contributed by atoms with Crippen molar-refractivity contribution in [3.8, 4) is 11.1 Å². The predicted molar refractivity (Wildman–Crippen MR) is 201 cm³/mol. The number of rotatable bonds is 3. The highest BCUT2D eigenvalue weighted by Gasteiger charge is 2.48. The van der Waals surface area contributed by atoms with Crippen LogP contribution in [0.4, 0.5) is 17.1 Å². The number of benzene rings is 7. The zero-order valence-corrected chi connectivity index (χ0v) is 27.5. The Balaban J connectivity index is 1.37. The molecule has 0 spiro atoms. The smallest absolute Gasteiger partial charge is 0.0505 e. The first-order chi connectivity index (χ1) is 22.3. The molecule has 0 amide bonds. The average Bonchev–Trinajstić information content (AvgIpc) is 3.45. The molecule has 1 aliphatic rings. The number of hydrogen-bond acceptors (Lipinski definition) is 2. The van der Waals surface area contributed by atoms with Crippen molar-refractivity contribution in [2.75, 3.05) is 4.90 Å². The molecule has 46 heavy (non-hydrogen) atoms. The molecule has 0 N–H and O–H groups in total. The van der Waals surface area contributed by atoms with E-state index in [4.69, 9.17) is 0 Å². The van der Waals surface area contributed by atoms with Gasteiger partial charge in [0.2, 0.25) is 0 Å². The van der Waals surface area contributed by atoms with Crippen LogP contribution < -0.4 is 4.90 Å². The van der Waals surface area contributed by atoms with Crippen LogP contribution in [0.1, 0.15) is 38.8 Å². The van der Waals surface area contributed by atoms with Gasteiger partial charge < -0.3 is 4.90 Å². The van der Waals surface area contributed by atoms with Gasteiger partial charge in [-0.1, -0.05) is 125 Å². The van der Waals surface area contributed by atoms with Crippen LogP contribution in [0, 0.1) is 0 Å². The van der Waals surface area contributed by atoms with E-state index in [0.29, 0.717) is 0 Å². The summed E-state index contributed by atoms with van der Waals surface area (Å²) in [4.78, 5) is 2.49. The fourth-order valence-corrected chi connectivity index (χ4v) is 9.08. The molecule has 0 bridgehead atoms. The summed E-state index contributed by atoms with van der Waals surface area (Å²) >= 11 is 1.87. The molecule has 0 atom stereocenters. The lowest BCUT2D eigenvalue weighted by Gasteiger charge is -2.50. The van der Waals surface area contributed by atoms with Crippen molar-refractivity contribution >= 4 is 70.1 Å². The Labute approximate surface area is 274 Å². The van der Waals surface area contributed by atoms with Crippen molar-refractivity contribution in [3.05, 3.63) is 151 Å². The molecule has 0 saturated heterocycles. The molecule has 2 heteroatoms. The summed E-state index contributed by atoms with van der Waals surface area (Å²) < 4.78 is 2.65. The highest BCUT2D eigenvalue weighted by atomic mass is 32.1. The zero-order chi connectivity index (χ0) is 31.2. The molecule has 1 nitrogen and oxygen atoms in total. The average molecular weight is 610 g/mol. The second-order valence-electron chi connectivity index (χ2n) is 13.8. The Hall–Kier alpha value is -4.92. The van der Waals surface area contributed by atoms with Crippen molar-refractivity contribution < 1.29 is 0 Å². The molecule has 0 saturated carbocycles. The van der Waals surface area contributed by atoms with E-state index in [1.54, 1.807) is 0 Å². The maximum Gasteiger partial charge on any atom is 0.0505 e. The first-order valence-corrected chi connectivity index (χ1v) is 17.0. The van der Waals surface area contributed by atoms with E-state index < -0.39 is 0 Å². The van der Waals surface area contributed by atoms with Gasteiger partial charge in [0.1, 0.15) is 0 Å². The molecule has 222 valence electrons. The minimum atomic E-state index is -0.164. The zero-order valence-electron chi connectivity index (χ0n) is 26.6. The van der Waals surface area contributed by atoms with E-state index in [9.17, 15) is 0 Å². The van der Waals surface area contributed by atoms with Crippen LogP contribution in [0.3, 0.4) is 0 Å². The standard InChI is InChI=1S/C44H35NS/c1-43(2)37-25-24-32-31-16-9-8-13-28(31)21-23-34(32)41(37)35-18-12-19-38(42(35)44(43,3)4)45(29-14-6-5-7-15-29)30-22-26-40-36(27-30)33-17-10-11-20-39(33)46-40/h5-27H,1-4H3. The van der Waals surface area contributed by atoms with Crippen molar-refractivity contribution in [3.63, 3.8) is 0 Å². The number of hydrogen-bond donors (Lipinski definition) is 0. The summed E-state index contributed by atoms with van der Waals surface area (Å²) in [6.07, 6.45) is 0. The number of para-hydroxylation sites is 1. The van der Waals surface area contributed by atoms with Crippen molar-refractivity contribution in [2.45, 2.75) is 38.5 Å². The molecule has 0 aliphatic heterocycles. The molecule has 1 aliphatic carbocycles. The summed E-state index contributed by atoms with van der Waals surface area (Å²) in [5.41, 5.74) is 8.82. The quantitative estimate of drug-likeness (QED) is 0.180. The van der Waals surface area contributed by atoms with E-state index >= 15 is 0 Å². The lowest BCUT2D eigenvalue weighted by atomic mass is 9.54. The van der Waals surface area contributed by atoms with Crippen LogP contribution in [0.25, 0.3) is 52.8 Å². The minimum absolute atomic E-state index is 0.124. The summed E-state index contributed by atoms with van der Waals surface area (Å²) in [5.74, 6) is 0. The maximum atomic E-state index is 2.49. The van der Waals surface area contributed by atoms with Gasteiger partial charge in [0.05, 0.1) is 5.69 Å². The van der Waals surface area contributed by atoms with Gasteiger partial charge in [0.25, 0.3) is 0 Å². The van der Waals surface area contributed by atoms with E-state index in [-0.39, 0.29) is 10.8 Å². The van der Waals surface area contributed by atoms with Crippen LogP contribution in [0.15, 0.2) is 140 Å². The normalized spacial score (nSPS) is 14.9. The third-order valence-electron chi connectivity index (χ3n) is 11.0. The first-order valence-electron chi connectivity index (χ1n) is 16.2. The Morgan fingerprint density at radius 2 is 1.20 bits per heavy atom. The molecule has 0 fully saturated rings. The van der Waals surface area contributed by atoms with Gasteiger partial charge in [0.15, 0.2) is 0 Å². The molecule has 0 radical (unpaired) electrons. The molecule has 1 heterocycles. The minimum Gasteiger partial charge on any atom is -0.310 e. The third-order valence-corrected chi connectivity index (χ3v) is 12.1.